The van der Waals surface area contributed by atoms with Crippen LogP contribution >= 0.6 is 11.3 Å². The number of aromatic nitrogens is 2. The number of hydrogen-bond acceptors (Lipinski definition) is 5. The number of amides is 1. The molecule has 2 N–H and O–H groups in total. The quantitative estimate of drug-likeness (QED) is 0.925. The molecular weight excluding hydrogens is 276 g/mol. The number of aryl methyl sites for hydroxylation is 1. The first-order chi connectivity index (χ1) is 9.38. The third-order valence-electron chi connectivity index (χ3n) is 3.05. The molecule has 0 saturated carbocycles. The van der Waals surface area contributed by atoms with Gasteiger partial charge in [0, 0.05) is 5.92 Å². The summed E-state index contributed by atoms with van der Waals surface area (Å²) in [5, 5.41) is 9.25. The van der Waals surface area contributed by atoms with E-state index >= 15 is 0 Å². The van der Waals surface area contributed by atoms with Crippen molar-refractivity contribution in [3.8, 4) is 6.07 Å². The van der Waals surface area contributed by atoms with E-state index in [1.807, 2.05) is 19.9 Å². The summed E-state index contributed by atoms with van der Waals surface area (Å²) in [6, 6.07) is 1.97. The number of rotatable bonds is 3. The van der Waals surface area contributed by atoms with Gasteiger partial charge in [-0.3, -0.25) is 14.2 Å². The molecule has 0 spiro atoms. The van der Waals surface area contributed by atoms with Crippen LogP contribution in [0.3, 0.4) is 0 Å². The van der Waals surface area contributed by atoms with Crippen LogP contribution in [0, 0.1) is 18.3 Å². The first-order valence-corrected chi connectivity index (χ1v) is 6.90. The molecule has 6 nitrogen and oxygen atoms in total. The summed E-state index contributed by atoms with van der Waals surface area (Å²) in [7, 11) is 0. The first-order valence-electron chi connectivity index (χ1n) is 6.09. The Morgan fingerprint density at radius 2 is 2.20 bits per heavy atom. The van der Waals surface area contributed by atoms with Gasteiger partial charge in [-0.15, -0.1) is 11.3 Å². The average molecular weight is 290 g/mol. The van der Waals surface area contributed by atoms with Crippen molar-refractivity contribution in [2.45, 2.75) is 33.2 Å². The van der Waals surface area contributed by atoms with E-state index in [4.69, 9.17) is 11.0 Å². The summed E-state index contributed by atoms with van der Waals surface area (Å²) in [6.45, 7) is 5.41. The molecule has 0 saturated heterocycles. The van der Waals surface area contributed by atoms with Gasteiger partial charge in [-0.05, 0) is 12.5 Å². The summed E-state index contributed by atoms with van der Waals surface area (Å²) in [6.07, 6.45) is 0. The van der Waals surface area contributed by atoms with Crippen LogP contribution < -0.4 is 11.3 Å². The largest absolute Gasteiger partial charge is 0.365 e. The normalized spacial score (nSPS) is 10.9. The maximum Gasteiger partial charge on any atom is 0.263 e. The van der Waals surface area contributed by atoms with Gasteiger partial charge in [0.1, 0.15) is 17.2 Å². The average Bonchev–Trinajstić information content (AvgIpc) is 2.70. The standard InChI is InChI=1S/C13H14N4O2S/c1-6(2)11-16-12-8(13(19)17(11)5-4-14)7(3)9(20-12)10(15)18/h6H,5H2,1-3H3,(H2,15,18). The van der Waals surface area contributed by atoms with Crippen molar-refractivity contribution >= 4 is 27.5 Å². The van der Waals surface area contributed by atoms with Crippen LogP contribution in [0.15, 0.2) is 4.79 Å². The fourth-order valence-corrected chi connectivity index (χ4v) is 3.16. The Labute approximate surface area is 119 Å². The lowest BCUT2D eigenvalue weighted by Gasteiger charge is -2.11. The number of primary amides is 1. The molecule has 104 valence electrons. The molecular formula is C13H14N4O2S. The molecule has 7 heteroatoms. The smallest absolute Gasteiger partial charge is 0.263 e. The molecule has 0 radical (unpaired) electrons. The van der Waals surface area contributed by atoms with Gasteiger partial charge >= 0.3 is 0 Å². The predicted molar refractivity (Wildman–Crippen MR) is 76.8 cm³/mol. The van der Waals surface area contributed by atoms with E-state index in [9.17, 15) is 9.59 Å². The molecule has 0 aliphatic rings. The first kappa shape index (κ1) is 14.2. The maximum absolute atomic E-state index is 12.5. The topological polar surface area (TPSA) is 102 Å². The Morgan fingerprint density at radius 3 is 2.70 bits per heavy atom. The van der Waals surface area contributed by atoms with Crippen LogP contribution in [-0.4, -0.2) is 15.5 Å². The minimum Gasteiger partial charge on any atom is -0.365 e. The second-order valence-corrected chi connectivity index (χ2v) is 5.77. The van der Waals surface area contributed by atoms with Crippen LogP contribution in [0.4, 0.5) is 0 Å². The van der Waals surface area contributed by atoms with Gasteiger partial charge in [0.15, 0.2) is 0 Å². The predicted octanol–water partition coefficient (Wildman–Crippen LogP) is 1.51. The number of fused-ring (bicyclic) bond motifs is 1. The second kappa shape index (κ2) is 5.06. The van der Waals surface area contributed by atoms with E-state index in [0.717, 1.165) is 11.3 Å². The Hall–Kier alpha value is -2.20. The highest BCUT2D eigenvalue weighted by atomic mass is 32.1. The zero-order valence-corrected chi connectivity index (χ0v) is 12.2. The second-order valence-electron chi connectivity index (χ2n) is 4.77. The van der Waals surface area contributed by atoms with Crippen molar-refractivity contribution < 1.29 is 4.79 Å². The molecule has 2 rings (SSSR count). The fourth-order valence-electron chi connectivity index (χ4n) is 2.13. The Morgan fingerprint density at radius 1 is 1.55 bits per heavy atom. The summed E-state index contributed by atoms with van der Waals surface area (Å²) in [4.78, 5) is 29.2. The van der Waals surface area contributed by atoms with Crippen molar-refractivity contribution in [3.63, 3.8) is 0 Å². The molecule has 0 bridgehead atoms. The third kappa shape index (κ3) is 2.08. The van der Waals surface area contributed by atoms with Crippen LogP contribution in [0.1, 0.15) is 40.8 Å². The van der Waals surface area contributed by atoms with Gasteiger partial charge in [0.05, 0.1) is 16.3 Å². The third-order valence-corrected chi connectivity index (χ3v) is 4.25. The minimum atomic E-state index is -0.567. The number of hydrogen-bond donors (Lipinski definition) is 1. The van der Waals surface area contributed by atoms with Gasteiger partial charge in [-0.1, -0.05) is 13.8 Å². The summed E-state index contributed by atoms with van der Waals surface area (Å²) < 4.78 is 1.36. The highest BCUT2D eigenvalue weighted by molar-refractivity contribution is 7.20. The van der Waals surface area contributed by atoms with Gasteiger partial charge in [0.25, 0.3) is 11.5 Å². The molecule has 0 aliphatic heterocycles. The number of carbonyl (C=O) groups is 1. The maximum atomic E-state index is 12.5. The molecule has 0 atom stereocenters. The Balaban J connectivity index is 2.92. The summed E-state index contributed by atoms with van der Waals surface area (Å²) >= 11 is 1.12. The lowest BCUT2D eigenvalue weighted by molar-refractivity contribution is 0.100. The van der Waals surface area contributed by atoms with E-state index in [0.29, 0.717) is 26.5 Å². The van der Waals surface area contributed by atoms with Gasteiger partial charge in [-0.2, -0.15) is 5.26 Å². The SMILES string of the molecule is Cc1c(C(N)=O)sc2nc(C(C)C)n(CC#N)c(=O)c12. The van der Waals surface area contributed by atoms with Gasteiger partial charge < -0.3 is 5.73 Å². The zero-order valence-electron chi connectivity index (χ0n) is 11.4. The number of carbonyl (C=O) groups excluding carboxylic acids is 1. The van der Waals surface area contributed by atoms with Crippen molar-refractivity contribution in [2.75, 3.05) is 0 Å². The Kier molecular flexibility index (Phi) is 3.59. The number of nitrogens with zero attached hydrogens (tertiary/aromatic N) is 3. The molecule has 20 heavy (non-hydrogen) atoms. The van der Waals surface area contributed by atoms with Gasteiger partial charge in [-0.25, -0.2) is 4.98 Å². The lowest BCUT2D eigenvalue weighted by Crippen LogP contribution is -2.25. The van der Waals surface area contributed by atoms with Crippen LogP contribution in [-0.2, 0) is 6.54 Å². The molecule has 0 aliphatic carbocycles. The number of nitrogens with two attached hydrogens (primary N) is 1. The monoisotopic (exact) mass is 290 g/mol. The van der Waals surface area contributed by atoms with Crippen LogP contribution in [0.2, 0.25) is 0 Å². The van der Waals surface area contributed by atoms with Crippen molar-refractivity contribution in [1.82, 2.24) is 9.55 Å². The molecule has 0 aromatic carbocycles. The van der Waals surface area contributed by atoms with E-state index in [2.05, 4.69) is 4.98 Å². The minimum absolute atomic E-state index is 0.000107. The van der Waals surface area contributed by atoms with Crippen molar-refractivity contribution in [3.05, 3.63) is 26.6 Å². The molecule has 2 aromatic heterocycles. The summed E-state index contributed by atoms with van der Waals surface area (Å²) in [5.74, 6) is -0.0240. The van der Waals surface area contributed by atoms with E-state index in [1.165, 1.54) is 4.57 Å². The van der Waals surface area contributed by atoms with E-state index < -0.39 is 5.91 Å². The van der Waals surface area contributed by atoms with Crippen LogP contribution in [0.5, 0.6) is 0 Å². The number of nitriles is 1. The highest BCUT2D eigenvalue weighted by Gasteiger charge is 2.21. The van der Waals surface area contributed by atoms with Gasteiger partial charge in [0.2, 0.25) is 0 Å². The van der Waals surface area contributed by atoms with E-state index in [-0.39, 0.29) is 18.0 Å². The van der Waals surface area contributed by atoms with E-state index in [1.54, 1.807) is 6.92 Å². The van der Waals surface area contributed by atoms with Crippen molar-refractivity contribution in [2.24, 2.45) is 5.73 Å². The fraction of sp³-hybridized carbons (Fsp3) is 0.385. The Bertz CT molecular complexity index is 795. The molecule has 1 amide bonds. The molecule has 2 aromatic rings. The lowest BCUT2D eigenvalue weighted by atomic mass is 10.1. The highest BCUT2D eigenvalue weighted by Crippen LogP contribution is 2.28. The molecule has 2 heterocycles. The van der Waals surface area contributed by atoms with Crippen molar-refractivity contribution in [1.29, 1.82) is 5.26 Å². The number of thiophene rings is 1. The summed E-state index contributed by atoms with van der Waals surface area (Å²) in [5.41, 5.74) is 5.55. The zero-order chi connectivity index (χ0) is 15.0. The molecule has 0 fully saturated rings. The molecule has 0 unspecified atom stereocenters. The van der Waals surface area contributed by atoms with Crippen LogP contribution in [0.25, 0.3) is 10.2 Å².